The van der Waals surface area contributed by atoms with E-state index in [-0.39, 0.29) is 0 Å². The summed E-state index contributed by atoms with van der Waals surface area (Å²) in [6.07, 6.45) is 15.9. The number of carbonyl (C=O) groups excluding carboxylic acids is 2. The molecule has 0 unspecified atom stereocenters. The number of rotatable bonds is 16. The van der Waals surface area contributed by atoms with Gasteiger partial charge in [0.2, 0.25) is 6.08 Å². The fraction of sp³-hybridized carbons (Fsp3) is 0.519. The van der Waals surface area contributed by atoms with Gasteiger partial charge in [-0.3, -0.25) is 5.32 Å². The summed E-state index contributed by atoms with van der Waals surface area (Å²) in [6.45, 7) is 3.67. The van der Waals surface area contributed by atoms with Crippen LogP contribution in [-0.4, -0.2) is 46.6 Å². The molecule has 1 N–H and O–H groups in total. The lowest BCUT2D eigenvalue weighted by Crippen LogP contribution is -2.33. The van der Waals surface area contributed by atoms with Gasteiger partial charge in [0.05, 0.1) is 12.3 Å². The van der Waals surface area contributed by atoms with E-state index in [4.69, 9.17) is 4.74 Å². The number of hydrogen-bond acceptors (Lipinski definition) is 8. The van der Waals surface area contributed by atoms with Gasteiger partial charge in [0.1, 0.15) is 6.54 Å². The van der Waals surface area contributed by atoms with Crippen molar-refractivity contribution in [1.29, 1.82) is 0 Å². The van der Waals surface area contributed by atoms with Crippen LogP contribution >= 0.6 is 0 Å². The van der Waals surface area contributed by atoms with Crippen molar-refractivity contribution in [2.75, 3.05) is 11.9 Å². The average Bonchev–Trinajstić information content (AvgIpc) is 2.95. The van der Waals surface area contributed by atoms with E-state index >= 15 is 0 Å². The second-order valence-corrected chi connectivity index (χ2v) is 13.0. The van der Waals surface area contributed by atoms with E-state index < -0.39 is 37.2 Å². The number of isocyanates is 1. The zero-order valence-corrected chi connectivity index (χ0v) is 26.3. The number of amides is 1. The fourth-order valence-electron chi connectivity index (χ4n) is 3.57. The van der Waals surface area contributed by atoms with Crippen molar-refractivity contribution < 1.29 is 62.1 Å². The maximum absolute atomic E-state index is 11.8. The quantitative estimate of drug-likeness (QED) is 0.0653. The summed E-state index contributed by atoms with van der Waals surface area (Å²) < 4.78 is 117. The number of hydrogen-bond donors (Lipinski definition) is 1. The molecular weight excluding hydrogens is 670 g/mol. The molecule has 1 amide bonds. The summed E-state index contributed by atoms with van der Waals surface area (Å²) in [6, 6.07) is 10.9. The topological polar surface area (TPSA) is 154 Å². The predicted octanol–water partition coefficient (Wildman–Crippen LogP) is 6.93. The third-order valence-corrected chi connectivity index (χ3v) is 8.59. The number of sulfonamides is 2. The summed E-state index contributed by atoms with van der Waals surface area (Å²) in [7, 11) is -13.4. The zero-order chi connectivity index (χ0) is 34.9. The maximum atomic E-state index is 11.8. The standard InChI is InChI=1S/C25H33N3O3.C2F6NO4S2/c1-2-3-4-7-11-22-12-10-18-28(20-22)17-8-5-6-9-19-31-25(30)27-24-15-13-23(14-16-24)26-21-29;3-1(4,5)14(10,11)9-15(12,13)2(6,7)8/h10,12-16,18,20H,2-9,11,17,19H2,1H3;/q;-1/p+1. The van der Waals surface area contributed by atoms with E-state index in [0.29, 0.717) is 18.0 Å². The molecule has 0 aliphatic heterocycles. The van der Waals surface area contributed by atoms with Gasteiger partial charge >= 0.3 is 17.1 Å². The lowest BCUT2D eigenvalue weighted by atomic mass is 10.1. The van der Waals surface area contributed by atoms with E-state index in [1.54, 1.807) is 24.3 Å². The molecule has 1 heterocycles. The molecule has 0 spiro atoms. The van der Waals surface area contributed by atoms with Crippen molar-refractivity contribution in [2.45, 2.75) is 82.3 Å². The minimum absolute atomic E-state index is 0.403. The number of pyridine rings is 1. The first-order chi connectivity index (χ1) is 21.4. The number of nitrogens with one attached hydrogen (secondary N) is 1. The number of aliphatic imine (C=N–C) groups is 1. The van der Waals surface area contributed by atoms with E-state index in [2.05, 4.69) is 46.3 Å². The van der Waals surface area contributed by atoms with Crippen molar-refractivity contribution in [3.05, 3.63) is 58.5 Å². The zero-order valence-electron chi connectivity index (χ0n) is 24.7. The number of ether oxygens (including phenoxy) is 1. The number of carbonyl (C=O) groups is 1. The summed E-state index contributed by atoms with van der Waals surface area (Å²) >= 11 is 0. The third-order valence-electron chi connectivity index (χ3n) is 5.85. The van der Waals surface area contributed by atoms with Crippen LogP contribution in [0.5, 0.6) is 0 Å². The van der Waals surface area contributed by atoms with E-state index in [1.165, 1.54) is 37.3 Å². The smallest absolute Gasteiger partial charge is 0.449 e. The van der Waals surface area contributed by atoms with E-state index in [0.717, 1.165) is 42.8 Å². The number of halogens is 6. The monoisotopic (exact) mass is 704 g/mol. The first-order valence-corrected chi connectivity index (χ1v) is 16.8. The summed E-state index contributed by atoms with van der Waals surface area (Å²) in [4.78, 5) is 25.5. The van der Waals surface area contributed by atoms with Crippen molar-refractivity contribution in [3.8, 4) is 0 Å². The van der Waals surface area contributed by atoms with Gasteiger partial charge in [0, 0.05) is 23.7 Å². The van der Waals surface area contributed by atoms with Gasteiger partial charge in [-0.1, -0.05) is 26.2 Å². The highest BCUT2D eigenvalue weighted by atomic mass is 32.3. The Bertz CT molecular complexity index is 1450. The largest absolute Gasteiger partial charge is 0.480 e. The highest BCUT2D eigenvalue weighted by Crippen LogP contribution is 2.36. The van der Waals surface area contributed by atoms with Crippen LogP contribution in [0.2, 0.25) is 0 Å². The molecule has 46 heavy (non-hydrogen) atoms. The Kier molecular flexibility index (Phi) is 16.9. The Hall–Kier alpha value is -3.54. The van der Waals surface area contributed by atoms with Crippen LogP contribution in [0, 0.1) is 0 Å². The summed E-state index contributed by atoms with van der Waals surface area (Å²) in [5.41, 5.74) is -9.90. The van der Waals surface area contributed by atoms with Gasteiger partial charge in [0.15, 0.2) is 32.4 Å². The van der Waals surface area contributed by atoms with Gasteiger partial charge < -0.3 is 8.86 Å². The molecule has 1 aromatic carbocycles. The van der Waals surface area contributed by atoms with Gasteiger partial charge in [-0.25, -0.2) is 31.0 Å². The van der Waals surface area contributed by atoms with E-state index in [9.17, 15) is 52.8 Å². The number of aryl methyl sites for hydroxylation is 2. The molecule has 258 valence electrons. The van der Waals surface area contributed by atoms with Gasteiger partial charge in [-0.05, 0) is 62.4 Å². The molecule has 0 aliphatic carbocycles. The molecule has 11 nitrogen and oxygen atoms in total. The number of alkyl halides is 6. The Labute approximate surface area is 263 Å². The van der Waals surface area contributed by atoms with Crippen LogP contribution in [0.25, 0.3) is 4.13 Å². The fourth-order valence-corrected chi connectivity index (χ4v) is 5.28. The molecular formula is C27H34F6N4O7S2. The number of nitrogens with zero attached hydrogens (tertiary/aromatic N) is 3. The molecule has 0 saturated heterocycles. The van der Waals surface area contributed by atoms with Gasteiger partial charge in [0.25, 0.3) is 0 Å². The molecule has 1 aromatic heterocycles. The molecule has 0 atom stereocenters. The van der Waals surface area contributed by atoms with Crippen molar-refractivity contribution in [1.82, 2.24) is 0 Å². The van der Waals surface area contributed by atoms with E-state index in [1.807, 2.05) is 0 Å². The second-order valence-electron chi connectivity index (χ2n) is 9.60. The van der Waals surface area contributed by atoms with Crippen LogP contribution in [0.4, 0.5) is 42.5 Å². The number of aromatic nitrogens is 1. The Morgan fingerprint density at radius 2 is 1.48 bits per heavy atom. The van der Waals surface area contributed by atoms with Crippen molar-refractivity contribution in [2.24, 2.45) is 4.99 Å². The SMILES string of the molecule is CCCCCCc1ccc[n+](CCCCCCOC(=O)Nc2ccc(N=C=O)cc2)c1.O=S(=O)([N-]S(=O)(=O)C(F)(F)F)C(F)(F)F. The van der Waals surface area contributed by atoms with Gasteiger partial charge in [-0.15, -0.1) is 0 Å². The molecule has 0 bridgehead atoms. The Morgan fingerprint density at radius 3 is 2.04 bits per heavy atom. The lowest BCUT2D eigenvalue weighted by molar-refractivity contribution is -0.697. The molecule has 0 saturated carbocycles. The normalized spacial score (nSPS) is 12.0. The van der Waals surface area contributed by atoms with Gasteiger partial charge in [-0.2, -0.15) is 31.3 Å². The highest BCUT2D eigenvalue weighted by Gasteiger charge is 2.46. The van der Waals surface area contributed by atoms with Crippen LogP contribution in [0.3, 0.4) is 0 Å². The molecule has 2 aromatic rings. The van der Waals surface area contributed by atoms with Crippen molar-refractivity contribution >= 4 is 43.6 Å². The molecule has 19 heteroatoms. The second kappa shape index (κ2) is 19.2. The molecule has 0 aliphatic rings. The Morgan fingerprint density at radius 1 is 0.891 bits per heavy atom. The average molecular weight is 705 g/mol. The first kappa shape index (κ1) is 40.5. The summed E-state index contributed by atoms with van der Waals surface area (Å²) in [5, 5.41) is 2.66. The summed E-state index contributed by atoms with van der Waals surface area (Å²) in [5.74, 6) is 0. The number of benzene rings is 1. The first-order valence-electron chi connectivity index (χ1n) is 13.9. The predicted molar refractivity (Wildman–Crippen MR) is 155 cm³/mol. The molecule has 0 radical (unpaired) electrons. The minimum Gasteiger partial charge on any atom is -0.449 e. The number of anilines is 1. The van der Waals surface area contributed by atoms with Crippen molar-refractivity contribution in [3.63, 3.8) is 0 Å². The minimum atomic E-state index is -6.72. The van der Waals surface area contributed by atoms with Crippen LogP contribution in [0.15, 0.2) is 53.8 Å². The molecule has 2 rings (SSSR count). The van der Waals surface area contributed by atoms with Crippen LogP contribution in [-0.2, 0) is 42.5 Å². The highest BCUT2D eigenvalue weighted by molar-refractivity contribution is 8.13. The number of unbranched alkanes of at least 4 members (excludes halogenated alkanes) is 6. The maximum Gasteiger partial charge on any atom is 0.480 e. The molecule has 0 fully saturated rings. The lowest BCUT2D eigenvalue weighted by Gasteiger charge is -2.22. The van der Waals surface area contributed by atoms with Crippen LogP contribution < -0.4 is 9.88 Å². The third kappa shape index (κ3) is 15.6. The van der Waals surface area contributed by atoms with Crippen LogP contribution in [0.1, 0.15) is 63.9 Å². The Balaban J connectivity index is 0.000000595.